The summed E-state index contributed by atoms with van der Waals surface area (Å²) in [4.78, 5) is 50.4. The number of fused-ring (bicyclic) bond motifs is 1. The Bertz CT molecular complexity index is 1420. The van der Waals surface area contributed by atoms with Crippen molar-refractivity contribution in [1.82, 2.24) is 24.3 Å². The van der Waals surface area contributed by atoms with Gasteiger partial charge in [-0.25, -0.2) is 9.78 Å². The molecule has 230 valence electrons. The zero-order chi connectivity index (χ0) is 30.9. The SMILES string of the molecule is CCCCN(CCCC)C(=O)c1cn(CCCN(C)C)c(-c2ccc(C(=O)O)cc2C(=O)N2CCc3ccccc3C2)n1. The molecule has 1 aliphatic rings. The quantitative estimate of drug-likeness (QED) is 0.270. The Labute approximate surface area is 255 Å². The molecule has 1 aromatic heterocycles. The van der Waals surface area contributed by atoms with Crippen molar-refractivity contribution in [3.05, 3.63) is 76.6 Å². The van der Waals surface area contributed by atoms with E-state index in [0.29, 0.717) is 49.8 Å². The highest BCUT2D eigenvalue weighted by atomic mass is 16.4. The van der Waals surface area contributed by atoms with Crippen molar-refractivity contribution >= 4 is 17.8 Å². The molecule has 9 nitrogen and oxygen atoms in total. The first-order valence-corrected chi connectivity index (χ1v) is 15.5. The average Bonchev–Trinajstić information content (AvgIpc) is 3.43. The number of aromatic nitrogens is 2. The first-order valence-electron chi connectivity index (χ1n) is 15.5. The molecule has 0 radical (unpaired) electrons. The number of aromatic carboxylic acids is 1. The monoisotopic (exact) mass is 587 g/mol. The number of rotatable bonds is 14. The second-order valence-electron chi connectivity index (χ2n) is 11.6. The Morgan fingerprint density at radius 1 is 0.930 bits per heavy atom. The van der Waals surface area contributed by atoms with Crippen LogP contribution in [0.1, 0.15) is 88.3 Å². The molecule has 1 aliphatic heterocycles. The summed E-state index contributed by atoms with van der Waals surface area (Å²) < 4.78 is 1.95. The number of carboxylic acid groups (broad SMARTS) is 1. The number of unbranched alkanes of at least 4 members (excludes halogenated alkanes) is 2. The molecule has 4 rings (SSSR count). The van der Waals surface area contributed by atoms with Crippen molar-refractivity contribution in [3.8, 4) is 11.4 Å². The molecule has 2 heterocycles. The lowest BCUT2D eigenvalue weighted by molar-refractivity contribution is 0.0695. The van der Waals surface area contributed by atoms with Crippen molar-refractivity contribution in [2.45, 2.75) is 65.5 Å². The number of carboxylic acids is 1. The fraction of sp³-hybridized carbons (Fsp3) is 0.471. The van der Waals surface area contributed by atoms with Crippen LogP contribution < -0.4 is 0 Å². The number of carbonyl (C=O) groups excluding carboxylic acids is 2. The number of aryl methyl sites for hydroxylation is 1. The summed E-state index contributed by atoms with van der Waals surface area (Å²) in [6.07, 6.45) is 7.16. The topological polar surface area (TPSA) is 99.0 Å². The van der Waals surface area contributed by atoms with Crippen LogP contribution in [-0.4, -0.2) is 87.4 Å². The third-order valence-corrected chi connectivity index (χ3v) is 8.01. The van der Waals surface area contributed by atoms with E-state index in [1.54, 1.807) is 17.2 Å². The van der Waals surface area contributed by atoms with Gasteiger partial charge in [0.1, 0.15) is 11.5 Å². The number of hydrogen-bond acceptors (Lipinski definition) is 5. The fourth-order valence-electron chi connectivity index (χ4n) is 5.53. The number of amides is 2. The summed E-state index contributed by atoms with van der Waals surface area (Å²) in [5, 5.41) is 9.79. The molecule has 2 aromatic carbocycles. The Kier molecular flexibility index (Phi) is 11.1. The van der Waals surface area contributed by atoms with E-state index >= 15 is 0 Å². The van der Waals surface area contributed by atoms with Crippen molar-refractivity contribution in [1.29, 1.82) is 0 Å². The predicted octanol–water partition coefficient (Wildman–Crippen LogP) is 5.44. The normalized spacial score (nSPS) is 12.8. The Morgan fingerprint density at radius 3 is 2.28 bits per heavy atom. The van der Waals surface area contributed by atoms with Gasteiger partial charge in [-0.15, -0.1) is 0 Å². The molecular weight excluding hydrogens is 542 g/mol. The number of carbonyl (C=O) groups is 3. The maximum Gasteiger partial charge on any atom is 0.335 e. The zero-order valence-electron chi connectivity index (χ0n) is 26.0. The maximum absolute atomic E-state index is 14.1. The third-order valence-electron chi connectivity index (χ3n) is 8.01. The second kappa shape index (κ2) is 15.0. The van der Waals surface area contributed by atoms with Gasteiger partial charge < -0.3 is 24.4 Å². The Morgan fingerprint density at radius 2 is 1.63 bits per heavy atom. The van der Waals surface area contributed by atoms with E-state index in [1.807, 2.05) is 41.8 Å². The van der Waals surface area contributed by atoms with E-state index in [1.165, 1.54) is 17.7 Å². The van der Waals surface area contributed by atoms with Crippen LogP contribution in [0.15, 0.2) is 48.7 Å². The minimum absolute atomic E-state index is 0.0387. The lowest BCUT2D eigenvalue weighted by Gasteiger charge is -2.29. The molecule has 0 saturated heterocycles. The largest absolute Gasteiger partial charge is 0.478 e. The predicted molar refractivity (Wildman–Crippen MR) is 168 cm³/mol. The van der Waals surface area contributed by atoms with Crippen molar-refractivity contribution in [2.24, 2.45) is 0 Å². The lowest BCUT2D eigenvalue weighted by atomic mass is 9.97. The van der Waals surface area contributed by atoms with E-state index in [0.717, 1.165) is 50.6 Å². The average molecular weight is 588 g/mol. The molecule has 2 amide bonds. The molecule has 1 N–H and O–H groups in total. The lowest BCUT2D eigenvalue weighted by Crippen LogP contribution is -2.36. The van der Waals surface area contributed by atoms with E-state index in [4.69, 9.17) is 4.98 Å². The number of nitrogens with zero attached hydrogens (tertiary/aromatic N) is 5. The molecule has 0 spiro atoms. The van der Waals surface area contributed by atoms with Crippen LogP contribution in [-0.2, 0) is 19.5 Å². The molecule has 0 saturated carbocycles. The van der Waals surface area contributed by atoms with Gasteiger partial charge in [0.25, 0.3) is 11.8 Å². The van der Waals surface area contributed by atoms with Gasteiger partial charge in [-0.3, -0.25) is 9.59 Å². The standard InChI is InChI=1S/C34H45N5O4/c1-5-7-18-37(19-8-6-2)33(41)30-24-38(20-11-17-36(3)4)31(35-30)28-15-14-26(34(42)43)22-29(28)32(40)39-21-16-25-12-9-10-13-27(25)23-39/h9-10,12-15,22,24H,5-8,11,16-21,23H2,1-4H3,(H,42,43). The third kappa shape index (κ3) is 7.90. The van der Waals surface area contributed by atoms with Gasteiger partial charge in [0.15, 0.2) is 0 Å². The van der Waals surface area contributed by atoms with Crippen LogP contribution in [0.5, 0.6) is 0 Å². The first-order chi connectivity index (χ1) is 20.7. The van der Waals surface area contributed by atoms with Crippen LogP contribution in [0.3, 0.4) is 0 Å². The first kappa shape index (κ1) is 31.9. The van der Waals surface area contributed by atoms with Crippen LogP contribution in [0, 0.1) is 0 Å². The zero-order valence-corrected chi connectivity index (χ0v) is 26.0. The summed E-state index contributed by atoms with van der Waals surface area (Å²) >= 11 is 0. The number of hydrogen-bond donors (Lipinski definition) is 1. The molecule has 0 fully saturated rings. The van der Waals surface area contributed by atoms with Gasteiger partial charge >= 0.3 is 5.97 Å². The second-order valence-corrected chi connectivity index (χ2v) is 11.6. The van der Waals surface area contributed by atoms with Gasteiger partial charge in [0.2, 0.25) is 0 Å². The smallest absolute Gasteiger partial charge is 0.335 e. The molecule has 0 unspecified atom stereocenters. The van der Waals surface area contributed by atoms with Gasteiger partial charge in [-0.1, -0.05) is 51.0 Å². The number of benzene rings is 2. The summed E-state index contributed by atoms with van der Waals surface area (Å²) in [5.41, 5.74) is 3.52. The summed E-state index contributed by atoms with van der Waals surface area (Å²) in [6.45, 7) is 8.01. The van der Waals surface area contributed by atoms with Crippen LogP contribution in [0.4, 0.5) is 0 Å². The maximum atomic E-state index is 14.1. The van der Waals surface area contributed by atoms with Crippen molar-refractivity contribution in [3.63, 3.8) is 0 Å². The molecule has 0 atom stereocenters. The molecular formula is C34H45N5O4. The fourth-order valence-corrected chi connectivity index (χ4v) is 5.53. The van der Waals surface area contributed by atoms with Gasteiger partial charge in [0.05, 0.1) is 11.1 Å². The molecule has 0 bridgehead atoms. The minimum Gasteiger partial charge on any atom is -0.478 e. The summed E-state index contributed by atoms with van der Waals surface area (Å²) in [5.74, 6) is -0.948. The molecule has 9 heteroatoms. The van der Waals surface area contributed by atoms with E-state index in [-0.39, 0.29) is 22.9 Å². The van der Waals surface area contributed by atoms with Crippen LogP contribution >= 0.6 is 0 Å². The highest BCUT2D eigenvalue weighted by Crippen LogP contribution is 2.29. The van der Waals surface area contributed by atoms with Gasteiger partial charge in [0, 0.05) is 44.5 Å². The van der Waals surface area contributed by atoms with Gasteiger partial charge in [-0.2, -0.15) is 0 Å². The summed E-state index contributed by atoms with van der Waals surface area (Å²) in [7, 11) is 4.03. The van der Waals surface area contributed by atoms with Crippen LogP contribution in [0.25, 0.3) is 11.4 Å². The summed E-state index contributed by atoms with van der Waals surface area (Å²) in [6, 6.07) is 12.7. The molecule has 0 aliphatic carbocycles. The highest BCUT2D eigenvalue weighted by Gasteiger charge is 2.28. The van der Waals surface area contributed by atoms with E-state index < -0.39 is 5.97 Å². The Balaban J connectivity index is 1.76. The van der Waals surface area contributed by atoms with Crippen LogP contribution in [0.2, 0.25) is 0 Å². The highest BCUT2D eigenvalue weighted by molar-refractivity contribution is 6.03. The Hall–Kier alpha value is -3.98. The van der Waals surface area contributed by atoms with Crippen molar-refractivity contribution in [2.75, 3.05) is 40.3 Å². The van der Waals surface area contributed by atoms with Crippen molar-refractivity contribution < 1.29 is 19.5 Å². The molecule has 43 heavy (non-hydrogen) atoms. The van der Waals surface area contributed by atoms with E-state index in [9.17, 15) is 19.5 Å². The minimum atomic E-state index is -1.10. The van der Waals surface area contributed by atoms with E-state index in [2.05, 4.69) is 24.8 Å². The number of imidazole rings is 1. The van der Waals surface area contributed by atoms with Gasteiger partial charge in [-0.05, 0) is 75.6 Å². The molecule has 3 aromatic rings.